The maximum atomic E-state index is 14.6. The van der Waals surface area contributed by atoms with Crippen molar-refractivity contribution in [2.24, 2.45) is 0 Å². The molecule has 0 N–H and O–H groups in total. The Balaban J connectivity index is 1.94. The second-order valence-corrected chi connectivity index (χ2v) is 11.3. The van der Waals surface area contributed by atoms with Crippen LogP contribution in [0.4, 0.5) is 35.1 Å². The first-order chi connectivity index (χ1) is 18.9. The zero-order chi connectivity index (χ0) is 30.9. The lowest BCUT2D eigenvalue weighted by molar-refractivity contribution is -0.439. The monoisotopic (exact) mass is 746 g/mol. The Bertz CT molecular complexity index is 1110. The third-order valence-corrected chi connectivity index (χ3v) is 7.58. The molecule has 0 spiro atoms. The number of halogens is 9. The van der Waals surface area contributed by atoms with Gasteiger partial charge in [-0.2, -0.15) is 43.5 Å². The molecule has 1 aromatic rings. The minimum atomic E-state index is -7.00. The van der Waals surface area contributed by atoms with E-state index in [1.165, 1.54) is 0 Å². The Morgan fingerprint density at radius 1 is 0.976 bits per heavy atom. The van der Waals surface area contributed by atoms with Gasteiger partial charge in [-0.15, -0.1) is 0 Å². The van der Waals surface area contributed by atoms with E-state index in [-0.39, 0.29) is 35.8 Å². The summed E-state index contributed by atoms with van der Waals surface area (Å²) >= 11 is -0.351. The Morgan fingerprint density at radius 3 is 2.17 bits per heavy atom. The number of methoxy groups -OCH3 is 1. The molecule has 20 heteroatoms. The van der Waals surface area contributed by atoms with Crippen molar-refractivity contribution >= 4 is 32.7 Å². The van der Waals surface area contributed by atoms with Crippen molar-refractivity contribution in [3.8, 4) is 0 Å². The summed E-state index contributed by atoms with van der Waals surface area (Å²) in [5.41, 5.74) is 0.463. The molecule has 2 aliphatic rings. The number of benzene rings is 1. The summed E-state index contributed by atoms with van der Waals surface area (Å²) in [6, 6.07) is 8.14. The van der Waals surface area contributed by atoms with E-state index >= 15 is 0 Å². The minimum absolute atomic E-state index is 0.0583. The lowest BCUT2D eigenvalue weighted by Gasteiger charge is -2.48. The number of rotatable bonds is 13. The van der Waals surface area contributed by atoms with E-state index in [1.54, 1.807) is 37.3 Å². The standard InChI is InChI=1S/C21H23F8IO10S/c1-3-34-10-36-14-13-12(9-35-16(38-13)11-7-5-4-6-8-11)37-17(33-2)15(14)39-41(31,32)21(28,29)20(26,27)40-19(24,25)18(22,23)30/h4-8,12-17H,3,9-10H2,1-2H3/t12-,13-,14+,15+,16?,17-/m1/s1. The van der Waals surface area contributed by atoms with Gasteiger partial charge in [-0.1, -0.05) is 30.3 Å². The fourth-order valence-corrected chi connectivity index (χ4v) is 4.71. The van der Waals surface area contributed by atoms with Crippen LogP contribution in [0.25, 0.3) is 0 Å². The first kappa shape index (κ1) is 34.5. The molecule has 236 valence electrons. The zero-order valence-electron chi connectivity index (χ0n) is 20.9. The Kier molecular flexibility index (Phi) is 10.9. The smallest absolute Gasteiger partial charge is 0.356 e. The summed E-state index contributed by atoms with van der Waals surface area (Å²) in [5, 5.41) is -6.64. The Labute approximate surface area is 241 Å². The summed E-state index contributed by atoms with van der Waals surface area (Å²) < 4.78 is 169. The molecule has 0 radical (unpaired) electrons. The molecule has 0 aromatic heterocycles. The highest BCUT2D eigenvalue weighted by molar-refractivity contribution is 14.1. The first-order valence-electron chi connectivity index (χ1n) is 11.4. The van der Waals surface area contributed by atoms with Gasteiger partial charge in [0.2, 0.25) is 0 Å². The molecule has 3 rings (SSSR count). The summed E-state index contributed by atoms with van der Waals surface area (Å²) in [7, 11) is -6.10. The Morgan fingerprint density at radius 2 is 1.61 bits per heavy atom. The van der Waals surface area contributed by atoms with Crippen LogP contribution in [0, 0.1) is 0 Å². The summed E-state index contributed by atoms with van der Waals surface area (Å²) in [6.45, 7) is 0.747. The van der Waals surface area contributed by atoms with E-state index in [9.17, 15) is 43.5 Å². The fraction of sp³-hybridized carbons (Fsp3) is 0.714. The highest BCUT2D eigenvalue weighted by atomic mass is 127. The molecule has 10 nitrogen and oxygen atoms in total. The van der Waals surface area contributed by atoms with Crippen molar-refractivity contribution in [2.75, 3.05) is 27.1 Å². The molecule has 1 aromatic carbocycles. The number of ether oxygens (including phenoxy) is 7. The molecule has 2 saturated heterocycles. The normalized spacial score (nSPS) is 28.4. The van der Waals surface area contributed by atoms with Gasteiger partial charge in [-0.25, -0.2) is 4.74 Å². The molecule has 1 unspecified atom stereocenters. The number of fused-ring (bicyclic) bond motifs is 1. The molecule has 2 heterocycles. The molecular formula is C21H23F8IO10S. The molecule has 2 aliphatic heterocycles. The highest BCUT2D eigenvalue weighted by Crippen LogP contribution is 2.50. The largest absolute Gasteiger partial charge is 0.460 e. The fourth-order valence-electron chi connectivity index (χ4n) is 3.65. The van der Waals surface area contributed by atoms with Crippen LogP contribution < -0.4 is 0 Å². The zero-order valence-corrected chi connectivity index (χ0v) is 23.8. The molecule has 0 bridgehead atoms. The van der Waals surface area contributed by atoms with Gasteiger partial charge < -0.3 is 28.4 Å². The van der Waals surface area contributed by atoms with E-state index in [0.717, 1.165) is 7.11 Å². The third kappa shape index (κ3) is 7.40. The van der Waals surface area contributed by atoms with Crippen molar-refractivity contribution in [3.63, 3.8) is 0 Å². The molecule has 0 saturated carbocycles. The van der Waals surface area contributed by atoms with E-state index < -0.39 is 75.3 Å². The average molecular weight is 746 g/mol. The number of hydrogen-bond donors (Lipinski definition) is 0. The van der Waals surface area contributed by atoms with Gasteiger partial charge in [-0.3, -0.25) is 4.18 Å². The van der Waals surface area contributed by atoms with Crippen LogP contribution >= 0.6 is 22.6 Å². The van der Waals surface area contributed by atoms with Gasteiger partial charge in [-0.05, 0) is 6.92 Å². The summed E-state index contributed by atoms with van der Waals surface area (Å²) in [5.74, 6) is 0. The summed E-state index contributed by atoms with van der Waals surface area (Å²) in [6.07, 6.45) is -22.6. The van der Waals surface area contributed by atoms with Crippen LogP contribution in [0.15, 0.2) is 30.3 Å². The minimum Gasteiger partial charge on any atom is -0.356 e. The van der Waals surface area contributed by atoms with E-state index in [4.69, 9.17) is 28.4 Å². The second-order valence-electron chi connectivity index (χ2n) is 8.36. The van der Waals surface area contributed by atoms with Crippen molar-refractivity contribution in [1.82, 2.24) is 0 Å². The first-order valence-corrected chi connectivity index (χ1v) is 13.9. The van der Waals surface area contributed by atoms with Crippen LogP contribution in [-0.4, -0.2) is 87.6 Å². The molecule has 41 heavy (non-hydrogen) atoms. The SMILES string of the molecule is CCOCO[C@@H]1[C@H](OS(=O)(=O)C(F)(F)C(F)(F)OC(F)(F)C(F)(F)I)[C@H](OC)O[C@@H]2COC(c3ccccc3)O[C@@H]12. The van der Waals surface area contributed by atoms with Gasteiger partial charge in [0.25, 0.3) is 0 Å². The van der Waals surface area contributed by atoms with Crippen molar-refractivity contribution in [2.45, 2.75) is 65.3 Å². The second kappa shape index (κ2) is 12.9. The quantitative estimate of drug-likeness (QED) is 0.0721. The van der Waals surface area contributed by atoms with Gasteiger partial charge in [0.1, 0.15) is 25.1 Å². The van der Waals surface area contributed by atoms with Gasteiger partial charge in [0.05, 0.1) is 6.61 Å². The van der Waals surface area contributed by atoms with Crippen molar-refractivity contribution < 1.29 is 80.9 Å². The third-order valence-electron chi connectivity index (χ3n) is 5.61. The predicted octanol–water partition coefficient (Wildman–Crippen LogP) is 4.39. The Hall–Kier alpha value is -0.980. The van der Waals surface area contributed by atoms with E-state index in [2.05, 4.69) is 8.92 Å². The molecule has 6 atom stereocenters. The topological polar surface area (TPSA) is 108 Å². The molecule has 0 aliphatic carbocycles. The van der Waals surface area contributed by atoms with Crippen LogP contribution in [0.3, 0.4) is 0 Å². The molecule has 2 fully saturated rings. The van der Waals surface area contributed by atoms with Gasteiger partial charge in [0, 0.05) is 41.9 Å². The summed E-state index contributed by atoms with van der Waals surface area (Å²) in [4.78, 5) is 0. The lowest BCUT2D eigenvalue weighted by atomic mass is 9.97. The van der Waals surface area contributed by atoms with Gasteiger partial charge in [0.15, 0.2) is 18.7 Å². The van der Waals surface area contributed by atoms with Crippen LogP contribution in [-0.2, 0) is 47.5 Å². The van der Waals surface area contributed by atoms with Gasteiger partial charge >= 0.3 is 31.5 Å². The lowest BCUT2D eigenvalue weighted by Crippen LogP contribution is -2.65. The van der Waals surface area contributed by atoms with Crippen LogP contribution in [0.2, 0.25) is 0 Å². The van der Waals surface area contributed by atoms with Crippen LogP contribution in [0.1, 0.15) is 18.8 Å². The van der Waals surface area contributed by atoms with E-state index in [1.807, 2.05) is 0 Å². The number of hydrogen-bond acceptors (Lipinski definition) is 10. The van der Waals surface area contributed by atoms with Crippen molar-refractivity contribution in [3.05, 3.63) is 35.9 Å². The predicted molar refractivity (Wildman–Crippen MR) is 126 cm³/mol. The number of alkyl halides is 9. The molecular weight excluding hydrogens is 723 g/mol. The van der Waals surface area contributed by atoms with E-state index in [0.29, 0.717) is 5.56 Å². The maximum Gasteiger partial charge on any atom is 0.460 e. The average Bonchev–Trinajstić information content (AvgIpc) is 2.88. The molecule has 0 amide bonds. The van der Waals surface area contributed by atoms with Crippen LogP contribution in [0.5, 0.6) is 0 Å². The highest BCUT2D eigenvalue weighted by Gasteiger charge is 2.75. The van der Waals surface area contributed by atoms with Crippen molar-refractivity contribution in [1.29, 1.82) is 0 Å². The maximum absolute atomic E-state index is 14.6.